The Bertz CT molecular complexity index is 2490. The molecule has 0 radical (unpaired) electrons. The van der Waals surface area contributed by atoms with Crippen LogP contribution in [0, 0.1) is 0 Å². The molecular formula is C41H27N3S. The number of hydrogen-bond acceptors (Lipinski definition) is 4. The van der Waals surface area contributed by atoms with Crippen LogP contribution in [-0.2, 0) is 0 Å². The first kappa shape index (κ1) is 26.0. The van der Waals surface area contributed by atoms with Crippen molar-refractivity contribution in [3.05, 3.63) is 145 Å². The van der Waals surface area contributed by atoms with Gasteiger partial charge in [-0.15, -0.1) is 11.3 Å². The summed E-state index contributed by atoms with van der Waals surface area (Å²) in [5.41, 5.74) is 7.33. The lowest BCUT2D eigenvalue weighted by Crippen LogP contribution is -1.99. The fourth-order valence-electron chi connectivity index (χ4n) is 6.41. The van der Waals surface area contributed by atoms with Gasteiger partial charge in [0.1, 0.15) is 5.01 Å². The summed E-state index contributed by atoms with van der Waals surface area (Å²) >= 11 is 1.75. The molecule has 2 heterocycles. The van der Waals surface area contributed by atoms with Gasteiger partial charge in [-0.2, -0.15) is 0 Å². The van der Waals surface area contributed by atoms with Gasteiger partial charge in [-0.3, -0.25) is 0 Å². The molecule has 0 saturated carbocycles. The number of hydrogen-bond donors (Lipinski definition) is 0. The predicted octanol–water partition coefficient (Wildman–Crippen LogP) is 11.3. The summed E-state index contributed by atoms with van der Waals surface area (Å²) in [5, 5.41) is 8.20. The Kier molecular flexibility index (Phi) is 6.13. The summed E-state index contributed by atoms with van der Waals surface area (Å²) < 4.78 is 1.20. The number of allylic oxidation sites excluding steroid dienone is 4. The number of nitrogens with zero attached hydrogens (tertiary/aromatic N) is 3. The molecule has 6 aromatic carbocycles. The number of thiazole rings is 1. The van der Waals surface area contributed by atoms with Crippen LogP contribution in [0.3, 0.4) is 0 Å². The van der Waals surface area contributed by atoms with Crippen LogP contribution in [0.4, 0.5) is 0 Å². The third kappa shape index (κ3) is 4.62. The van der Waals surface area contributed by atoms with Gasteiger partial charge in [-0.25, -0.2) is 15.0 Å². The Morgan fingerprint density at radius 1 is 0.533 bits per heavy atom. The molecule has 2 aromatic heterocycles. The first-order valence-electron chi connectivity index (χ1n) is 15.3. The van der Waals surface area contributed by atoms with Gasteiger partial charge in [-0.05, 0) is 69.6 Å². The average Bonchev–Trinajstić information content (AvgIpc) is 3.56. The van der Waals surface area contributed by atoms with Gasteiger partial charge in [0.15, 0.2) is 5.82 Å². The molecule has 0 bridgehead atoms. The Hall–Kier alpha value is -5.45. The minimum absolute atomic E-state index is 0.732. The van der Waals surface area contributed by atoms with Crippen LogP contribution in [0.25, 0.3) is 81.3 Å². The summed E-state index contributed by atoms with van der Waals surface area (Å²) in [7, 11) is 0. The fourth-order valence-corrected chi connectivity index (χ4v) is 7.39. The molecule has 212 valence electrons. The van der Waals surface area contributed by atoms with E-state index in [2.05, 4.69) is 133 Å². The van der Waals surface area contributed by atoms with Crippen LogP contribution in [-0.4, -0.2) is 15.0 Å². The SMILES string of the molecule is C1=CC(c2cc(-c3ccc4ccccc4c3)nc(-c3ccc4c(ccc5ccc6sc(-c7ccccc7)nc6c54)c3)n2)=CCC1. The van der Waals surface area contributed by atoms with Gasteiger partial charge < -0.3 is 0 Å². The van der Waals surface area contributed by atoms with E-state index in [9.17, 15) is 0 Å². The van der Waals surface area contributed by atoms with E-state index in [0.29, 0.717) is 0 Å². The van der Waals surface area contributed by atoms with Crippen molar-refractivity contribution in [2.24, 2.45) is 0 Å². The van der Waals surface area contributed by atoms with Crippen molar-refractivity contribution in [3.63, 3.8) is 0 Å². The summed E-state index contributed by atoms with van der Waals surface area (Å²) in [6.45, 7) is 0. The fraction of sp³-hybridized carbons (Fsp3) is 0.0488. The van der Waals surface area contributed by atoms with Crippen molar-refractivity contribution in [1.82, 2.24) is 15.0 Å². The second-order valence-corrected chi connectivity index (χ2v) is 12.6. The molecule has 0 N–H and O–H groups in total. The van der Waals surface area contributed by atoms with Gasteiger partial charge in [0.25, 0.3) is 0 Å². The van der Waals surface area contributed by atoms with E-state index < -0.39 is 0 Å². The minimum atomic E-state index is 0.732. The van der Waals surface area contributed by atoms with E-state index in [4.69, 9.17) is 15.0 Å². The Balaban J connectivity index is 1.21. The largest absolute Gasteiger partial charge is 0.235 e. The molecule has 1 aliphatic carbocycles. The van der Waals surface area contributed by atoms with E-state index >= 15 is 0 Å². The second-order valence-electron chi connectivity index (χ2n) is 11.6. The smallest absolute Gasteiger partial charge is 0.160 e. The molecule has 3 nitrogen and oxygen atoms in total. The topological polar surface area (TPSA) is 38.7 Å². The van der Waals surface area contributed by atoms with Crippen molar-refractivity contribution < 1.29 is 0 Å². The zero-order valence-electron chi connectivity index (χ0n) is 24.4. The molecule has 0 saturated heterocycles. The van der Waals surface area contributed by atoms with Crippen molar-refractivity contribution in [2.75, 3.05) is 0 Å². The van der Waals surface area contributed by atoms with Gasteiger partial charge in [-0.1, -0.05) is 115 Å². The van der Waals surface area contributed by atoms with Crippen molar-refractivity contribution in [2.45, 2.75) is 12.8 Å². The Morgan fingerprint density at radius 2 is 1.29 bits per heavy atom. The summed E-state index contributed by atoms with van der Waals surface area (Å²) in [5.74, 6) is 0.732. The summed E-state index contributed by atoms with van der Waals surface area (Å²) in [6.07, 6.45) is 8.80. The van der Waals surface area contributed by atoms with Crippen LogP contribution >= 0.6 is 11.3 Å². The Labute approximate surface area is 264 Å². The van der Waals surface area contributed by atoms with E-state index in [0.717, 1.165) is 68.2 Å². The van der Waals surface area contributed by atoms with Gasteiger partial charge in [0, 0.05) is 22.1 Å². The minimum Gasteiger partial charge on any atom is -0.235 e. The molecule has 1 aliphatic rings. The van der Waals surface area contributed by atoms with E-state index in [1.807, 2.05) is 6.07 Å². The highest BCUT2D eigenvalue weighted by Gasteiger charge is 2.15. The second kappa shape index (κ2) is 10.6. The number of aromatic nitrogens is 3. The predicted molar refractivity (Wildman–Crippen MR) is 190 cm³/mol. The van der Waals surface area contributed by atoms with Gasteiger partial charge in [0.2, 0.25) is 0 Å². The van der Waals surface area contributed by atoms with Crippen LogP contribution in [0.5, 0.6) is 0 Å². The van der Waals surface area contributed by atoms with E-state index in [-0.39, 0.29) is 0 Å². The zero-order valence-corrected chi connectivity index (χ0v) is 25.3. The zero-order chi connectivity index (χ0) is 29.7. The van der Waals surface area contributed by atoms with Crippen LogP contribution in [0.2, 0.25) is 0 Å². The van der Waals surface area contributed by atoms with Gasteiger partial charge >= 0.3 is 0 Å². The lowest BCUT2D eigenvalue weighted by Gasteiger charge is -2.13. The molecular weight excluding hydrogens is 567 g/mol. The maximum atomic E-state index is 5.16. The highest BCUT2D eigenvalue weighted by atomic mass is 32.1. The van der Waals surface area contributed by atoms with Crippen molar-refractivity contribution >= 4 is 59.4 Å². The molecule has 8 aromatic rings. The highest BCUT2D eigenvalue weighted by molar-refractivity contribution is 7.21. The van der Waals surface area contributed by atoms with E-state index in [1.54, 1.807) is 11.3 Å². The maximum absolute atomic E-state index is 5.16. The van der Waals surface area contributed by atoms with E-state index in [1.165, 1.54) is 31.6 Å². The molecule has 0 fully saturated rings. The van der Waals surface area contributed by atoms with Crippen molar-refractivity contribution in [3.8, 4) is 33.2 Å². The third-order valence-corrected chi connectivity index (χ3v) is 9.77. The molecule has 4 heteroatoms. The summed E-state index contributed by atoms with van der Waals surface area (Å²) in [4.78, 5) is 15.4. The first-order valence-corrected chi connectivity index (χ1v) is 16.2. The maximum Gasteiger partial charge on any atom is 0.160 e. The standard InChI is InChI=1S/C41H27N3S/c1-3-10-27(11-4-1)35-25-36(32-18-15-26-9-7-8-14-30(26)23-32)43-40(42-35)33-19-21-34-31(24-33)17-16-28-20-22-37-39(38(28)34)44-41(45-37)29-12-5-2-6-13-29/h2-3,5-25H,1,4H2. The third-order valence-electron chi connectivity index (χ3n) is 8.70. The molecule has 0 unspecified atom stereocenters. The van der Waals surface area contributed by atoms with Crippen LogP contribution < -0.4 is 0 Å². The van der Waals surface area contributed by atoms with Crippen LogP contribution in [0.1, 0.15) is 18.5 Å². The molecule has 45 heavy (non-hydrogen) atoms. The molecule has 0 atom stereocenters. The first-order chi connectivity index (χ1) is 22.3. The average molecular weight is 594 g/mol. The quantitative estimate of drug-likeness (QED) is 0.191. The lowest BCUT2D eigenvalue weighted by molar-refractivity contribution is 1.03. The molecule has 0 aliphatic heterocycles. The molecule has 0 amide bonds. The van der Waals surface area contributed by atoms with Crippen molar-refractivity contribution in [1.29, 1.82) is 0 Å². The van der Waals surface area contributed by atoms with Gasteiger partial charge in [0.05, 0.1) is 21.6 Å². The molecule has 0 spiro atoms. The normalized spacial score (nSPS) is 13.2. The lowest BCUT2D eigenvalue weighted by atomic mass is 9.98. The molecule has 9 rings (SSSR count). The highest BCUT2D eigenvalue weighted by Crippen LogP contribution is 2.38. The monoisotopic (exact) mass is 593 g/mol. The number of rotatable bonds is 4. The number of benzene rings is 6. The summed E-state index contributed by atoms with van der Waals surface area (Å²) in [6, 6.07) is 43.1. The number of fused-ring (bicyclic) bond motifs is 6. The van der Waals surface area contributed by atoms with Crippen LogP contribution in [0.15, 0.2) is 140 Å². The Morgan fingerprint density at radius 3 is 2.18 bits per heavy atom.